The zero-order valence-corrected chi connectivity index (χ0v) is 13.0. The first-order valence-electron chi connectivity index (χ1n) is 6.40. The predicted octanol–water partition coefficient (Wildman–Crippen LogP) is 4.69. The van der Waals surface area contributed by atoms with E-state index in [-0.39, 0.29) is 6.10 Å². The normalized spacial score (nSPS) is 12.2. The lowest BCUT2D eigenvalue weighted by Crippen LogP contribution is -2.18. The molecule has 2 nitrogen and oxygen atoms in total. The summed E-state index contributed by atoms with van der Waals surface area (Å²) in [5, 5.41) is 1.47. The fourth-order valence-electron chi connectivity index (χ4n) is 2.07. The minimum atomic E-state index is -0.202. The van der Waals surface area contributed by atoms with Crippen LogP contribution in [0.3, 0.4) is 0 Å². The van der Waals surface area contributed by atoms with E-state index in [4.69, 9.17) is 33.7 Å². The minimum absolute atomic E-state index is 0.202. The van der Waals surface area contributed by atoms with Gasteiger partial charge in [0, 0.05) is 16.6 Å². The lowest BCUT2D eigenvalue weighted by molar-refractivity contribution is 0.214. The molecule has 20 heavy (non-hydrogen) atoms. The summed E-state index contributed by atoms with van der Waals surface area (Å²) >= 11 is 12.1. The van der Waals surface area contributed by atoms with E-state index in [1.165, 1.54) is 0 Å². The molecular weight excluding hydrogens is 293 g/mol. The molecule has 2 N–H and O–H groups in total. The molecular formula is C16H17Cl2NO. The number of rotatable bonds is 4. The van der Waals surface area contributed by atoms with Gasteiger partial charge in [-0.05, 0) is 54.8 Å². The van der Waals surface area contributed by atoms with Gasteiger partial charge in [-0.15, -0.1) is 0 Å². The van der Waals surface area contributed by atoms with E-state index in [0.29, 0.717) is 11.6 Å². The summed E-state index contributed by atoms with van der Waals surface area (Å²) in [6.07, 6.45) is -0.202. The second-order valence-electron chi connectivity index (χ2n) is 4.76. The standard InChI is InChI=1S/C16H17Cl2NO/c1-10-7-14(8-11(2)16(10)18)20-15(9-19)12-3-5-13(17)6-4-12/h3-8,15H,9,19H2,1-2H3. The van der Waals surface area contributed by atoms with Crippen LogP contribution < -0.4 is 10.5 Å². The molecule has 1 atom stereocenters. The number of halogens is 2. The van der Waals surface area contributed by atoms with Crippen LogP contribution in [0, 0.1) is 13.8 Å². The molecule has 0 aromatic heterocycles. The fraction of sp³-hybridized carbons (Fsp3) is 0.250. The van der Waals surface area contributed by atoms with Gasteiger partial charge < -0.3 is 10.5 Å². The quantitative estimate of drug-likeness (QED) is 0.889. The van der Waals surface area contributed by atoms with Crippen molar-refractivity contribution in [2.24, 2.45) is 5.73 Å². The maximum Gasteiger partial charge on any atom is 0.136 e. The van der Waals surface area contributed by atoms with Crippen molar-refractivity contribution in [3.8, 4) is 5.75 Å². The lowest BCUT2D eigenvalue weighted by Gasteiger charge is -2.19. The second-order valence-corrected chi connectivity index (χ2v) is 5.58. The van der Waals surface area contributed by atoms with Gasteiger partial charge in [-0.3, -0.25) is 0 Å². The Morgan fingerprint density at radius 3 is 2.10 bits per heavy atom. The maximum absolute atomic E-state index is 6.16. The Morgan fingerprint density at radius 2 is 1.60 bits per heavy atom. The summed E-state index contributed by atoms with van der Waals surface area (Å²) in [5.74, 6) is 0.773. The van der Waals surface area contributed by atoms with Crippen LogP contribution in [0.4, 0.5) is 0 Å². The highest BCUT2D eigenvalue weighted by molar-refractivity contribution is 6.32. The summed E-state index contributed by atoms with van der Waals surface area (Å²) in [4.78, 5) is 0. The molecule has 4 heteroatoms. The van der Waals surface area contributed by atoms with E-state index in [1.54, 1.807) is 0 Å². The van der Waals surface area contributed by atoms with Gasteiger partial charge in [0.15, 0.2) is 0 Å². The molecule has 0 saturated carbocycles. The third-order valence-corrected chi connectivity index (χ3v) is 3.99. The van der Waals surface area contributed by atoms with Crippen LogP contribution >= 0.6 is 23.2 Å². The summed E-state index contributed by atoms with van der Waals surface area (Å²) in [7, 11) is 0. The molecule has 0 aliphatic heterocycles. The number of hydrogen-bond acceptors (Lipinski definition) is 2. The average Bonchev–Trinajstić information content (AvgIpc) is 2.43. The Balaban J connectivity index is 2.24. The SMILES string of the molecule is Cc1cc(OC(CN)c2ccc(Cl)cc2)cc(C)c1Cl. The molecule has 0 bridgehead atoms. The first kappa shape index (κ1) is 15.2. The average molecular weight is 310 g/mol. The van der Waals surface area contributed by atoms with Crippen molar-refractivity contribution in [1.29, 1.82) is 0 Å². The molecule has 2 aromatic carbocycles. The van der Waals surface area contributed by atoms with E-state index >= 15 is 0 Å². The van der Waals surface area contributed by atoms with Gasteiger partial charge in [0.25, 0.3) is 0 Å². The molecule has 1 unspecified atom stereocenters. The highest BCUT2D eigenvalue weighted by Gasteiger charge is 2.13. The molecule has 0 saturated heterocycles. The Hall–Kier alpha value is -1.22. The van der Waals surface area contributed by atoms with Gasteiger partial charge in [0.1, 0.15) is 11.9 Å². The predicted molar refractivity (Wildman–Crippen MR) is 84.8 cm³/mol. The van der Waals surface area contributed by atoms with Gasteiger partial charge in [0.2, 0.25) is 0 Å². The molecule has 106 valence electrons. The van der Waals surface area contributed by atoms with Gasteiger partial charge in [-0.25, -0.2) is 0 Å². The van der Waals surface area contributed by atoms with E-state index in [1.807, 2.05) is 50.2 Å². The van der Waals surface area contributed by atoms with Crippen LogP contribution in [0.1, 0.15) is 22.8 Å². The van der Waals surface area contributed by atoms with Crippen molar-refractivity contribution in [3.05, 3.63) is 63.1 Å². The Morgan fingerprint density at radius 1 is 1.05 bits per heavy atom. The van der Waals surface area contributed by atoms with E-state index in [0.717, 1.165) is 27.5 Å². The monoisotopic (exact) mass is 309 g/mol. The Bertz CT molecular complexity index is 573. The van der Waals surface area contributed by atoms with Crippen LogP contribution in [-0.2, 0) is 0 Å². The smallest absolute Gasteiger partial charge is 0.136 e. The Labute approximate surface area is 129 Å². The van der Waals surface area contributed by atoms with E-state index in [2.05, 4.69) is 0 Å². The zero-order chi connectivity index (χ0) is 14.7. The van der Waals surface area contributed by atoms with Crippen LogP contribution in [0.15, 0.2) is 36.4 Å². The number of ether oxygens (including phenoxy) is 1. The zero-order valence-electron chi connectivity index (χ0n) is 11.5. The third-order valence-electron chi connectivity index (χ3n) is 3.14. The molecule has 0 amide bonds. The minimum Gasteiger partial charge on any atom is -0.484 e. The van der Waals surface area contributed by atoms with E-state index in [9.17, 15) is 0 Å². The highest BCUT2D eigenvalue weighted by Crippen LogP contribution is 2.29. The Kier molecular flexibility index (Phi) is 4.92. The topological polar surface area (TPSA) is 35.2 Å². The van der Waals surface area contributed by atoms with Crippen molar-refractivity contribution in [2.75, 3.05) is 6.54 Å². The number of hydrogen-bond donors (Lipinski definition) is 1. The van der Waals surface area contributed by atoms with Gasteiger partial charge >= 0.3 is 0 Å². The first-order chi connectivity index (χ1) is 9.51. The van der Waals surface area contributed by atoms with Crippen LogP contribution in [0.25, 0.3) is 0 Å². The number of benzene rings is 2. The largest absolute Gasteiger partial charge is 0.484 e. The van der Waals surface area contributed by atoms with Gasteiger partial charge in [-0.2, -0.15) is 0 Å². The summed E-state index contributed by atoms with van der Waals surface area (Å²) in [6.45, 7) is 4.31. The van der Waals surface area contributed by atoms with E-state index < -0.39 is 0 Å². The van der Waals surface area contributed by atoms with Gasteiger partial charge in [-0.1, -0.05) is 35.3 Å². The number of nitrogens with two attached hydrogens (primary N) is 1. The van der Waals surface area contributed by atoms with Crippen LogP contribution in [0.5, 0.6) is 5.75 Å². The van der Waals surface area contributed by atoms with Crippen molar-refractivity contribution < 1.29 is 4.74 Å². The molecule has 2 aromatic rings. The first-order valence-corrected chi connectivity index (χ1v) is 7.15. The second kappa shape index (κ2) is 6.49. The molecule has 0 heterocycles. The summed E-state index contributed by atoms with van der Waals surface area (Å²) < 4.78 is 5.98. The molecule has 0 fully saturated rings. The van der Waals surface area contributed by atoms with Crippen molar-refractivity contribution in [3.63, 3.8) is 0 Å². The summed E-state index contributed by atoms with van der Waals surface area (Å²) in [5.41, 5.74) is 8.80. The summed E-state index contributed by atoms with van der Waals surface area (Å²) in [6, 6.07) is 11.4. The lowest BCUT2D eigenvalue weighted by atomic mass is 10.1. The van der Waals surface area contributed by atoms with Crippen LogP contribution in [0.2, 0.25) is 10.0 Å². The van der Waals surface area contributed by atoms with Gasteiger partial charge in [0.05, 0.1) is 0 Å². The fourth-order valence-corrected chi connectivity index (χ4v) is 2.30. The molecule has 0 spiro atoms. The highest BCUT2D eigenvalue weighted by atomic mass is 35.5. The molecule has 0 aliphatic rings. The van der Waals surface area contributed by atoms with Crippen molar-refractivity contribution in [1.82, 2.24) is 0 Å². The maximum atomic E-state index is 6.16. The number of aryl methyl sites for hydroxylation is 2. The molecule has 0 aliphatic carbocycles. The third kappa shape index (κ3) is 3.45. The van der Waals surface area contributed by atoms with Crippen LogP contribution in [-0.4, -0.2) is 6.54 Å². The van der Waals surface area contributed by atoms with Crippen molar-refractivity contribution in [2.45, 2.75) is 20.0 Å². The molecule has 2 rings (SSSR count). The molecule has 0 radical (unpaired) electrons. The van der Waals surface area contributed by atoms with Crippen molar-refractivity contribution >= 4 is 23.2 Å².